The molecule has 1 aromatic carbocycles. The molecular weight excluding hydrogens is 179 g/mol. The summed E-state index contributed by atoms with van der Waals surface area (Å²) in [5, 5.41) is 1.10. The van der Waals surface area contributed by atoms with E-state index < -0.39 is 0 Å². The van der Waals surface area contributed by atoms with Crippen molar-refractivity contribution in [3.63, 3.8) is 0 Å². The summed E-state index contributed by atoms with van der Waals surface area (Å²) < 4.78 is 14.1. The van der Waals surface area contributed by atoms with Crippen LogP contribution >= 0.6 is 11.6 Å². The lowest BCUT2D eigenvalue weighted by molar-refractivity contribution is 0.629. The highest BCUT2D eigenvalue weighted by Crippen LogP contribution is 2.24. The summed E-state index contributed by atoms with van der Waals surface area (Å²) in [5.41, 5.74) is 0.724. The molecule has 0 fully saturated rings. The molecule has 62 valence electrons. The molecule has 1 heterocycles. The Balaban J connectivity index is 2.90. The Morgan fingerprint density at radius 1 is 1.42 bits per heavy atom. The monoisotopic (exact) mass is 184 g/mol. The van der Waals surface area contributed by atoms with Gasteiger partial charge in [0.2, 0.25) is 0 Å². The molecule has 0 spiro atoms. The van der Waals surface area contributed by atoms with Crippen LogP contribution in [-0.4, -0.2) is 4.68 Å². The van der Waals surface area contributed by atoms with Gasteiger partial charge in [-0.3, -0.25) is 4.68 Å². The van der Waals surface area contributed by atoms with E-state index in [0.717, 1.165) is 5.52 Å². The number of hydrogen-bond acceptors (Lipinski definition) is 1. The number of rotatable bonds is 0. The van der Waals surface area contributed by atoms with E-state index in [9.17, 15) is 4.39 Å². The maximum Gasteiger partial charge on any atom is 0.124 e. The van der Waals surface area contributed by atoms with Gasteiger partial charge in [-0.1, -0.05) is 11.6 Å². The third-order valence-electron chi connectivity index (χ3n) is 1.75. The van der Waals surface area contributed by atoms with Crippen LogP contribution in [0.3, 0.4) is 0 Å². The van der Waals surface area contributed by atoms with E-state index in [4.69, 9.17) is 17.4 Å². The molecule has 0 atom stereocenters. The molecule has 0 radical (unpaired) electrons. The molecule has 2 N–H and O–H groups in total. The molecular formula is C8H6ClFN2. The molecule has 12 heavy (non-hydrogen) atoms. The molecule has 0 aliphatic heterocycles. The van der Waals surface area contributed by atoms with Gasteiger partial charge in [0.05, 0.1) is 10.5 Å². The van der Waals surface area contributed by atoms with Gasteiger partial charge in [0.1, 0.15) is 5.82 Å². The quantitative estimate of drug-likeness (QED) is 0.625. The molecule has 0 saturated carbocycles. The van der Waals surface area contributed by atoms with E-state index in [1.807, 2.05) is 0 Å². The first-order chi connectivity index (χ1) is 5.68. The maximum absolute atomic E-state index is 12.7. The van der Waals surface area contributed by atoms with Crippen molar-refractivity contribution >= 4 is 22.5 Å². The van der Waals surface area contributed by atoms with Crippen LogP contribution in [0.5, 0.6) is 0 Å². The van der Waals surface area contributed by atoms with Gasteiger partial charge in [0.15, 0.2) is 0 Å². The second-order valence-corrected chi connectivity index (χ2v) is 2.95. The van der Waals surface area contributed by atoms with Crippen LogP contribution in [-0.2, 0) is 0 Å². The molecule has 2 rings (SSSR count). The average molecular weight is 185 g/mol. The Morgan fingerprint density at radius 2 is 2.17 bits per heavy atom. The van der Waals surface area contributed by atoms with E-state index in [1.165, 1.54) is 16.8 Å². The number of nitrogen functional groups attached to an aromatic ring is 1. The van der Waals surface area contributed by atoms with E-state index >= 15 is 0 Å². The number of nitrogens with two attached hydrogens (primary N) is 1. The third-order valence-corrected chi connectivity index (χ3v) is 2.05. The highest BCUT2D eigenvalue weighted by molar-refractivity contribution is 6.35. The van der Waals surface area contributed by atoms with Crippen molar-refractivity contribution in [1.29, 1.82) is 0 Å². The van der Waals surface area contributed by atoms with Gasteiger partial charge in [0, 0.05) is 11.6 Å². The summed E-state index contributed by atoms with van der Waals surface area (Å²) in [4.78, 5) is 0. The number of aromatic nitrogens is 1. The highest BCUT2D eigenvalue weighted by Gasteiger charge is 2.04. The standard InChI is InChI=1S/C8H6ClFN2/c9-7-4-12(11)8-2-1-5(10)3-6(7)8/h1-4H,11H2. The van der Waals surface area contributed by atoms with Gasteiger partial charge in [0.25, 0.3) is 0 Å². The van der Waals surface area contributed by atoms with E-state index in [-0.39, 0.29) is 5.82 Å². The Labute approximate surface area is 73.3 Å². The topological polar surface area (TPSA) is 30.9 Å². The van der Waals surface area contributed by atoms with Crippen molar-refractivity contribution in [1.82, 2.24) is 4.68 Å². The van der Waals surface area contributed by atoms with Crippen molar-refractivity contribution in [3.05, 3.63) is 35.2 Å². The summed E-state index contributed by atoms with van der Waals surface area (Å²) in [5.74, 6) is 5.23. The normalized spacial score (nSPS) is 10.8. The number of fused-ring (bicyclic) bond motifs is 1. The molecule has 1 aromatic heterocycles. The van der Waals surface area contributed by atoms with Crippen molar-refractivity contribution in [2.24, 2.45) is 0 Å². The van der Waals surface area contributed by atoms with E-state index in [0.29, 0.717) is 10.4 Å². The van der Waals surface area contributed by atoms with Crippen molar-refractivity contribution in [2.45, 2.75) is 0 Å². The Kier molecular flexibility index (Phi) is 1.48. The lowest BCUT2D eigenvalue weighted by Gasteiger charge is -1.94. The smallest absolute Gasteiger partial charge is 0.124 e. The maximum atomic E-state index is 12.7. The van der Waals surface area contributed by atoms with Crippen molar-refractivity contribution in [3.8, 4) is 0 Å². The highest BCUT2D eigenvalue weighted by atomic mass is 35.5. The van der Waals surface area contributed by atoms with Crippen LogP contribution in [0.15, 0.2) is 24.4 Å². The predicted molar refractivity (Wildman–Crippen MR) is 47.1 cm³/mol. The van der Waals surface area contributed by atoms with Gasteiger partial charge < -0.3 is 5.84 Å². The fraction of sp³-hybridized carbons (Fsp3) is 0. The van der Waals surface area contributed by atoms with Crippen molar-refractivity contribution in [2.75, 3.05) is 5.84 Å². The molecule has 2 aromatic rings. The summed E-state index contributed by atoms with van der Waals surface area (Å²) in [6, 6.07) is 4.31. The molecule has 0 unspecified atom stereocenters. The molecule has 0 aliphatic carbocycles. The minimum absolute atomic E-state index is 0.310. The van der Waals surface area contributed by atoms with Crippen LogP contribution in [0, 0.1) is 5.82 Å². The SMILES string of the molecule is Nn1cc(Cl)c2cc(F)ccc21. The zero-order valence-electron chi connectivity index (χ0n) is 6.09. The third kappa shape index (κ3) is 0.940. The number of hydrogen-bond donors (Lipinski definition) is 1. The second kappa shape index (κ2) is 2.38. The van der Waals surface area contributed by atoms with Crippen molar-refractivity contribution < 1.29 is 4.39 Å². The lowest BCUT2D eigenvalue weighted by Crippen LogP contribution is -2.04. The van der Waals surface area contributed by atoms with Gasteiger partial charge in [-0.15, -0.1) is 0 Å². The molecule has 2 nitrogen and oxygen atoms in total. The average Bonchev–Trinajstić information content (AvgIpc) is 2.28. The predicted octanol–water partition coefficient (Wildman–Crippen LogP) is 2.15. The zero-order chi connectivity index (χ0) is 8.72. The summed E-state index contributed by atoms with van der Waals surface area (Å²) in [6.07, 6.45) is 1.55. The minimum Gasteiger partial charge on any atom is -0.339 e. The summed E-state index contributed by atoms with van der Waals surface area (Å²) in [7, 11) is 0. The van der Waals surface area contributed by atoms with Crippen LogP contribution < -0.4 is 5.84 Å². The van der Waals surface area contributed by atoms with Crippen LogP contribution in [0.1, 0.15) is 0 Å². The van der Waals surface area contributed by atoms with Gasteiger partial charge in [-0.05, 0) is 18.2 Å². The van der Waals surface area contributed by atoms with Crippen LogP contribution in [0.25, 0.3) is 10.9 Å². The Hall–Kier alpha value is -1.22. The van der Waals surface area contributed by atoms with Gasteiger partial charge in [-0.25, -0.2) is 4.39 Å². The molecule has 0 saturated heterocycles. The summed E-state index contributed by atoms with van der Waals surface area (Å²) >= 11 is 5.78. The largest absolute Gasteiger partial charge is 0.339 e. The van der Waals surface area contributed by atoms with E-state index in [2.05, 4.69) is 0 Å². The minimum atomic E-state index is -0.310. The number of nitrogens with zero attached hydrogens (tertiary/aromatic N) is 1. The Bertz CT molecular complexity index is 436. The first-order valence-electron chi connectivity index (χ1n) is 3.39. The molecule has 0 aliphatic rings. The first-order valence-corrected chi connectivity index (χ1v) is 3.77. The van der Waals surface area contributed by atoms with Gasteiger partial charge in [-0.2, -0.15) is 0 Å². The lowest BCUT2D eigenvalue weighted by atomic mass is 10.2. The molecule has 0 amide bonds. The summed E-state index contributed by atoms with van der Waals surface area (Å²) in [6.45, 7) is 0. The molecule has 4 heteroatoms. The second-order valence-electron chi connectivity index (χ2n) is 2.55. The Morgan fingerprint density at radius 3 is 2.92 bits per heavy atom. The first kappa shape index (κ1) is 7.43. The number of halogens is 2. The van der Waals surface area contributed by atoms with E-state index in [1.54, 1.807) is 12.3 Å². The zero-order valence-corrected chi connectivity index (χ0v) is 6.85. The fourth-order valence-electron chi connectivity index (χ4n) is 1.19. The van der Waals surface area contributed by atoms with Gasteiger partial charge >= 0.3 is 0 Å². The van der Waals surface area contributed by atoms with Crippen LogP contribution in [0.2, 0.25) is 5.02 Å². The van der Waals surface area contributed by atoms with Crippen LogP contribution in [0.4, 0.5) is 4.39 Å². The molecule has 0 bridgehead atoms. The fourth-order valence-corrected chi connectivity index (χ4v) is 1.44. The number of benzene rings is 1.